The fraction of sp³-hybridized carbons (Fsp3) is 0.0625. The van der Waals surface area contributed by atoms with Crippen LogP contribution in [0.1, 0.15) is 11.1 Å². The number of hydrogen-bond acceptors (Lipinski definition) is 5. The van der Waals surface area contributed by atoms with E-state index >= 15 is 0 Å². The summed E-state index contributed by atoms with van der Waals surface area (Å²) >= 11 is 0. The van der Waals surface area contributed by atoms with Crippen LogP contribution in [-0.4, -0.2) is 30.1 Å². The van der Waals surface area contributed by atoms with E-state index in [1.807, 2.05) is 54.9 Å². The summed E-state index contributed by atoms with van der Waals surface area (Å²) in [5.41, 5.74) is 8.35. The van der Waals surface area contributed by atoms with Crippen molar-refractivity contribution in [3.63, 3.8) is 0 Å². The van der Waals surface area contributed by atoms with E-state index in [1.54, 1.807) is 24.5 Å². The Hall–Kier alpha value is -5.21. The van der Waals surface area contributed by atoms with Gasteiger partial charge < -0.3 is 10.3 Å². The van der Waals surface area contributed by atoms with E-state index in [0.717, 1.165) is 56.6 Å². The largest absolute Gasteiger partial charge is 0.338 e. The summed E-state index contributed by atoms with van der Waals surface area (Å²) in [6, 6.07) is 25.0. The van der Waals surface area contributed by atoms with Gasteiger partial charge in [0.2, 0.25) is 0 Å². The van der Waals surface area contributed by atoms with E-state index in [4.69, 9.17) is 0 Å². The number of aromatic nitrogens is 6. The fourth-order valence-corrected chi connectivity index (χ4v) is 5.02. The maximum Gasteiger partial charge on any atom is 0.138 e. The van der Waals surface area contributed by atoms with Gasteiger partial charge in [-0.1, -0.05) is 48.5 Å². The maximum atomic E-state index is 14.6. The molecule has 0 fully saturated rings. The van der Waals surface area contributed by atoms with Crippen LogP contribution in [0.25, 0.3) is 55.7 Å². The Morgan fingerprint density at radius 1 is 0.750 bits per heavy atom. The van der Waals surface area contributed by atoms with Crippen molar-refractivity contribution in [1.82, 2.24) is 35.5 Å². The van der Waals surface area contributed by atoms with Crippen LogP contribution in [0, 0.1) is 5.82 Å². The summed E-state index contributed by atoms with van der Waals surface area (Å²) in [6.07, 6.45) is 7.16. The van der Waals surface area contributed by atoms with Gasteiger partial charge in [-0.2, -0.15) is 5.10 Å². The molecule has 7 aromatic rings. The quantitative estimate of drug-likeness (QED) is 0.216. The van der Waals surface area contributed by atoms with Gasteiger partial charge in [0.15, 0.2) is 0 Å². The number of H-pyrrole nitrogens is 2. The fourth-order valence-electron chi connectivity index (χ4n) is 5.02. The standard InChI is InChI=1S/C32H24FN7/c33-27-9-5-4-8-24(27)23-10-11-36-32-25(23)13-29(38-32)31-26-14-28(37-19-30(26)39-40-31)22-12-21(17-35-18-22)16-34-15-20-6-2-1-3-7-20/h1-14,17-19,34H,15-16H2,(H,36,38)(H,39,40). The second-order valence-electron chi connectivity index (χ2n) is 9.64. The van der Waals surface area contributed by atoms with Crippen molar-refractivity contribution >= 4 is 21.9 Å². The van der Waals surface area contributed by atoms with E-state index in [-0.39, 0.29) is 5.82 Å². The molecule has 0 aliphatic heterocycles. The van der Waals surface area contributed by atoms with Crippen molar-refractivity contribution in [2.45, 2.75) is 13.1 Å². The number of rotatable bonds is 7. The van der Waals surface area contributed by atoms with Gasteiger partial charge in [-0.05, 0) is 47.0 Å². The summed E-state index contributed by atoms with van der Waals surface area (Å²) < 4.78 is 14.6. The van der Waals surface area contributed by atoms with Crippen molar-refractivity contribution in [3.8, 4) is 33.8 Å². The zero-order valence-electron chi connectivity index (χ0n) is 21.4. The first-order chi connectivity index (χ1) is 19.7. The van der Waals surface area contributed by atoms with Crippen LogP contribution in [0.5, 0.6) is 0 Å². The molecule has 0 saturated carbocycles. The van der Waals surface area contributed by atoms with Gasteiger partial charge >= 0.3 is 0 Å². The second kappa shape index (κ2) is 10.2. The van der Waals surface area contributed by atoms with E-state index in [1.165, 1.54) is 11.6 Å². The number of hydrogen-bond donors (Lipinski definition) is 3. The molecule has 5 aromatic heterocycles. The number of aromatic amines is 2. The normalized spacial score (nSPS) is 11.4. The topological polar surface area (TPSA) is 95.2 Å². The Morgan fingerprint density at radius 2 is 1.60 bits per heavy atom. The van der Waals surface area contributed by atoms with E-state index in [0.29, 0.717) is 17.8 Å². The SMILES string of the molecule is Fc1ccccc1-c1ccnc2[nH]c(-c3n[nH]c4cnc(-c5cncc(CNCc6ccccc6)c5)cc34)cc12. The molecule has 5 heterocycles. The highest BCUT2D eigenvalue weighted by atomic mass is 19.1. The zero-order valence-corrected chi connectivity index (χ0v) is 21.4. The van der Waals surface area contributed by atoms with Crippen LogP contribution in [0.4, 0.5) is 4.39 Å². The van der Waals surface area contributed by atoms with Gasteiger partial charge in [-0.15, -0.1) is 0 Å². The van der Waals surface area contributed by atoms with E-state index < -0.39 is 0 Å². The van der Waals surface area contributed by atoms with Crippen LogP contribution >= 0.6 is 0 Å². The summed E-state index contributed by atoms with van der Waals surface area (Å²) in [4.78, 5) is 17.0. The van der Waals surface area contributed by atoms with Crippen molar-refractivity contribution in [1.29, 1.82) is 0 Å². The minimum absolute atomic E-state index is 0.273. The van der Waals surface area contributed by atoms with Gasteiger partial charge in [0.25, 0.3) is 0 Å². The van der Waals surface area contributed by atoms with E-state index in [9.17, 15) is 4.39 Å². The number of nitrogens with zero attached hydrogens (tertiary/aromatic N) is 4. The number of pyridine rings is 3. The summed E-state index contributed by atoms with van der Waals surface area (Å²) in [5, 5.41) is 12.9. The molecule has 194 valence electrons. The first kappa shape index (κ1) is 23.9. The first-order valence-electron chi connectivity index (χ1n) is 13.0. The third-order valence-corrected chi connectivity index (χ3v) is 6.99. The molecule has 0 saturated heterocycles. The number of nitrogens with one attached hydrogen (secondary N) is 3. The number of halogens is 1. The molecule has 3 N–H and O–H groups in total. The van der Waals surface area contributed by atoms with Crippen LogP contribution in [0.2, 0.25) is 0 Å². The van der Waals surface area contributed by atoms with Gasteiger partial charge in [0.1, 0.15) is 17.2 Å². The Labute approximate surface area is 229 Å². The van der Waals surface area contributed by atoms with Gasteiger partial charge in [0.05, 0.1) is 23.1 Å². The molecule has 0 spiro atoms. The monoisotopic (exact) mass is 525 g/mol. The van der Waals surface area contributed by atoms with Crippen LogP contribution in [0.15, 0.2) is 104 Å². The summed E-state index contributed by atoms with van der Waals surface area (Å²) in [6.45, 7) is 1.48. The van der Waals surface area contributed by atoms with Gasteiger partial charge in [0, 0.05) is 53.6 Å². The molecule has 40 heavy (non-hydrogen) atoms. The van der Waals surface area contributed by atoms with Crippen LogP contribution < -0.4 is 5.32 Å². The highest BCUT2D eigenvalue weighted by molar-refractivity contribution is 6.00. The third-order valence-electron chi connectivity index (χ3n) is 6.99. The number of fused-ring (bicyclic) bond motifs is 2. The lowest BCUT2D eigenvalue weighted by Crippen LogP contribution is -2.12. The molecule has 0 atom stereocenters. The molecule has 0 aliphatic carbocycles. The lowest BCUT2D eigenvalue weighted by atomic mass is 10.0. The molecule has 0 aliphatic rings. The number of benzene rings is 2. The summed E-state index contributed by atoms with van der Waals surface area (Å²) in [5.74, 6) is -0.273. The molecule has 7 nitrogen and oxygen atoms in total. The van der Waals surface area contributed by atoms with Gasteiger partial charge in [-0.25, -0.2) is 9.37 Å². The van der Waals surface area contributed by atoms with Crippen molar-refractivity contribution in [2.75, 3.05) is 0 Å². The minimum atomic E-state index is -0.273. The van der Waals surface area contributed by atoms with Crippen molar-refractivity contribution < 1.29 is 4.39 Å². The average molecular weight is 526 g/mol. The highest BCUT2D eigenvalue weighted by Crippen LogP contribution is 2.34. The molecule has 0 unspecified atom stereocenters. The Kier molecular flexibility index (Phi) is 6.07. The zero-order chi connectivity index (χ0) is 26.9. The highest BCUT2D eigenvalue weighted by Gasteiger charge is 2.16. The molecular formula is C32H24FN7. The van der Waals surface area contributed by atoms with Crippen LogP contribution in [0.3, 0.4) is 0 Å². The molecule has 8 heteroatoms. The van der Waals surface area contributed by atoms with Gasteiger partial charge in [-0.3, -0.25) is 15.1 Å². The molecule has 0 amide bonds. The molecule has 0 radical (unpaired) electrons. The van der Waals surface area contributed by atoms with E-state index in [2.05, 4.69) is 53.6 Å². The predicted octanol–water partition coefficient (Wildman–Crippen LogP) is 6.66. The Balaban J connectivity index is 1.21. The lowest BCUT2D eigenvalue weighted by Gasteiger charge is -2.07. The molecule has 2 aromatic carbocycles. The average Bonchev–Trinajstić information content (AvgIpc) is 3.62. The Morgan fingerprint density at radius 3 is 2.50 bits per heavy atom. The molecular weight excluding hydrogens is 501 g/mol. The predicted molar refractivity (Wildman–Crippen MR) is 155 cm³/mol. The first-order valence-corrected chi connectivity index (χ1v) is 13.0. The second-order valence-corrected chi connectivity index (χ2v) is 9.64. The third kappa shape index (κ3) is 4.50. The van der Waals surface area contributed by atoms with Crippen LogP contribution in [-0.2, 0) is 13.1 Å². The smallest absolute Gasteiger partial charge is 0.138 e. The van der Waals surface area contributed by atoms with Crippen molar-refractivity contribution in [3.05, 3.63) is 121 Å². The minimum Gasteiger partial charge on any atom is -0.338 e. The summed E-state index contributed by atoms with van der Waals surface area (Å²) in [7, 11) is 0. The molecule has 7 rings (SSSR count). The Bertz CT molecular complexity index is 1960. The van der Waals surface area contributed by atoms with Crippen molar-refractivity contribution in [2.24, 2.45) is 0 Å². The molecule has 0 bridgehead atoms. The lowest BCUT2D eigenvalue weighted by molar-refractivity contribution is 0.631. The maximum absolute atomic E-state index is 14.6.